The summed E-state index contributed by atoms with van der Waals surface area (Å²) >= 11 is 5.86. The lowest BCUT2D eigenvalue weighted by atomic mass is 9.98. The molecule has 0 unspecified atom stereocenters. The standard InChI is InChI=1S/C24H26ClFN4O3/c1-4-33-12-11-29-14-17(15-5-7-18(25)19(26)13-15)16-6-8-20(28-21(16)29)22(31)30-10-9-27-23(32)24(30,2)3/h5-8,13-14H,4,9-12H2,1-3H3,(H,27,32). The minimum Gasteiger partial charge on any atom is -0.380 e. The molecule has 0 aliphatic carbocycles. The third kappa shape index (κ3) is 4.32. The first-order valence-corrected chi connectivity index (χ1v) is 11.2. The van der Waals surface area contributed by atoms with E-state index in [9.17, 15) is 14.0 Å². The highest BCUT2D eigenvalue weighted by Crippen LogP contribution is 2.32. The van der Waals surface area contributed by atoms with Crippen molar-refractivity contribution in [2.24, 2.45) is 0 Å². The molecule has 1 aliphatic rings. The second-order valence-electron chi connectivity index (χ2n) is 8.40. The molecule has 1 aromatic carbocycles. The molecule has 0 bridgehead atoms. The molecule has 9 heteroatoms. The van der Waals surface area contributed by atoms with E-state index >= 15 is 0 Å². The molecule has 0 saturated carbocycles. The summed E-state index contributed by atoms with van der Waals surface area (Å²) < 4.78 is 21.5. The highest BCUT2D eigenvalue weighted by Gasteiger charge is 2.41. The van der Waals surface area contributed by atoms with Crippen molar-refractivity contribution in [3.05, 3.63) is 53.1 Å². The number of halogens is 2. The molecule has 174 valence electrons. The number of fused-ring (bicyclic) bond motifs is 1. The predicted molar refractivity (Wildman–Crippen MR) is 125 cm³/mol. The molecule has 7 nitrogen and oxygen atoms in total. The van der Waals surface area contributed by atoms with Gasteiger partial charge in [0.05, 0.1) is 11.6 Å². The molecule has 0 atom stereocenters. The van der Waals surface area contributed by atoms with Gasteiger partial charge in [0.2, 0.25) is 5.91 Å². The zero-order valence-electron chi connectivity index (χ0n) is 18.8. The maximum Gasteiger partial charge on any atom is 0.273 e. The van der Waals surface area contributed by atoms with E-state index in [-0.39, 0.29) is 22.5 Å². The van der Waals surface area contributed by atoms with E-state index in [0.717, 1.165) is 10.9 Å². The summed E-state index contributed by atoms with van der Waals surface area (Å²) in [6, 6.07) is 8.12. The molecular weight excluding hydrogens is 447 g/mol. The zero-order chi connectivity index (χ0) is 23.8. The molecule has 4 rings (SSSR count). The number of carbonyl (C=O) groups is 2. The quantitative estimate of drug-likeness (QED) is 0.552. The van der Waals surface area contributed by atoms with E-state index in [2.05, 4.69) is 10.3 Å². The largest absolute Gasteiger partial charge is 0.380 e. The first-order valence-electron chi connectivity index (χ1n) is 10.9. The van der Waals surface area contributed by atoms with Crippen LogP contribution in [0.4, 0.5) is 4.39 Å². The van der Waals surface area contributed by atoms with Crippen LogP contribution in [0.3, 0.4) is 0 Å². The Morgan fingerprint density at radius 2 is 2.09 bits per heavy atom. The lowest BCUT2D eigenvalue weighted by molar-refractivity contribution is -0.133. The van der Waals surface area contributed by atoms with E-state index < -0.39 is 11.4 Å². The number of rotatable bonds is 6. The first kappa shape index (κ1) is 23.2. The van der Waals surface area contributed by atoms with Gasteiger partial charge in [-0.05, 0) is 50.6 Å². The Kier molecular flexibility index (Phi) is 6.41. The maximum atomic E-state index is 14.1. The van der Waals surface area contributed by atoms with Crippen LogP contribution in [0, 0.1) is 5.82 Å². The summed E-state index contributed by atoms with van der Waals surface area (Å²) in [6.45, 7) is 7.71. The minimum atomic E-state index is -0.977. The van der Waals surface area contributed by atoms with Crippen molar-refractivity contribution in [1.29, 1.82) is 0 Å². The van der Waals surface area contributed by atoms with Crippen molar-refractivity contribution in [1.82, 2.24) is 19.8 Å². The fraction of sp³-hybridized carbons (Fsp3) is 0.375. The summed E-state index contributed by atoms with van der Waals surface area (Å²) in [4.78, 5) is 31.8. The van der Waals surface area contributed by atoms with Gasteiger partial charge in [0, 0.05) is 43.4 Å². The van der Waals surface area contributed by atoms with Crippen LogP contribution in [0.5, 0.6) is 0 Å². The number of nitrogens with one attached hydrogen (secondary N) is 1. The summed E-state index contributed by atoms with van der Waals surface area (Å²) in [7, 11) is 0. The Labute approximate surface area is 196 Å². The molecule has 2 aromatic heterocycles. The number of hydrogen-bond donors (Lipinski definition) is 1. The van der Waals surface area contributed by atoms with Crippen LogP contribution >= 0.6 is 11.6 Å². The van der Waals surface area contributed by atoms with Crippen LogP contribution in [-0.2, 0) is 16.1 Å². The summed E-state index contributed by atoms with van der Waals surface area (Å²) in [5.74, 6) is -1.02. The van der Waals surface area contributed by atoms with E-state index in [1.807, 2.05) is 23.8 Å². The van der Waals surface area contributed by atoms with Crippen LogP contribution in [-0.4, -0.2) is 58.1 Å². The highest BCUT2D eigenvalue weighted by atomic mass is 35.5. The van der Waals surface area contributed by atoms with Crippen LogP contribution in [0.15, 0.2) is 36.5 Å². The molecule has 2 amide bonds. The molecule has 1 fully saturated rings. The molecule has 0 spiro atoms. The normalized spacial score (nSPS) is 15.7. The summed E-state index contributed by atoms with van der Waals surface area (Å²) in [6.07, 6.45) is 1.88. The molecule has 1 saturated heterocycles. The minimum absolute atomic E-state index is 0.0537. The molecule has 0 radical (unpaired) electrons. The van der Waals surface area contributed by atoms with Crippen molar-refractivity contribution in [3.8, 4) is 11.1 Å². The Balaban J connectivity index is 1.78. The lowest BCUT2D eigenvalue weighted by Gasteiger charge is -2.40. The van der Waals surface area contributed by atoms with Gasteiger partial charge in [-0.25, -0.2) is 9.37 Å². The number of piperazine rings is 1. The summed E-state index contributed by atoms with van der Waals surface area (Å²) in [5.41, 5.74) is 1.29. The van der Waals surface area contributed by atoms with Gasteiger partial charge < -0.3 is 19.5 Å². The fourth-order valence-electron chi connectivity index (χ4n) is 4.05. The topological polar surface area (TPSA) is 76.5 Å². The molecule has 3 aromatic rings. The second-order valence-corrected chi connectivity index (χ2v) is 8.81. The van der Waals surface area contributed by atoms with Crippen molar-refractivity contribution < 1.29 is 18.7 Å². The average molecular weight is 473 g/mol. The number of ether oxygens (including phenoxy) is 1. The van der Waals surface area contributed by atoms with E-state index in [4.69, 9.17) is 16.3 Å². The highest BCUT2D eigenvalue weighted by molar-refractivity contribution is 6.30. The van der Waals surface area contributed by atoms with Gasteiger partial charge in [-0.1, -0.05) is 17.7 Å². The SMILES string of the molecule is CCOCCn1cc(-c2ccc(Cl)c(F)c2)c2ccc(C(=O)N3CCNC(=O)C3(C)C)nc21. The van der Waals surface area contributed by atoms with Crippen molar-refractivity contribution in [2.75, 3.05) is 26.3 Å². The Bertz CT molecular complexity index is 1220. The van der Waals surface area contributed by atoms with Gasteiger partial charge in [0.1, 0.15) is 22.7 Å². The Hall–Kier alpha value is -2.97. The number of aromatic nitrogens is 2. The molecule has 1 N–H and O–H groups in total. The van der Waals surface area contributed by atoms with Crippen LogP contribution in [0.1, 0.15) is 31.3 Å². The molecule has 1 aliphatic heterocycles. The number of nitrogens with zero attached hydrogens (tertiary/aromatic N) is 3. The van der Waals surface area contributed by atoms with Crippen molar-refractivity contribution in [3.63, 3.8) is 0 Å². The number of hydrogen-bond acceptors (Lipinski definition) is 4. The Morgan fingerprint density at radius 3 is 2.82 bits per heavy atom. The predicted octanol–water partition coefficient (Wildman–Crippen LogP) is 3.88. The monoisotopic (exact) mass is 472 g/mol. The maximum absolute atomic E-state index is 14.1. The first-order chi connectivity index (χ1) is 15.7. The Morgan fingerprint density at radius 1 is 1.30 bits per heavy atom. The van der Waals surface area contributed by atoms with Gasteiger partial charge >= 0.3 is 0 Å². The van der Waals surface area contributed by atoms with E-state index in [0.29, 0.717) is 44.1 Å². The van der Waals surface area contributed by atoms with Gasteiger partial charge in [0.15, 0.2) is 0 Å². The molecular formula is C24H26ClFN4O3. The third-order valence-corrected chi connectivity index (χ3v) is 6.26. The van der Waals surface area contributed by atoms with Gasteiger partial charge in [-0.2, -0.15) is 0 Å². The van der Waals surface area contributed by atoms with Crippen LogP contribution in [0.2, 0.25) is 5.02 Å². The van der Waals surface area contributed by atoms with E-state index in [1.54, 1.807) is 30.9 Å². The smallest absolute Gasteiger partial charge is 0.273 e. The van der Waals surface area contributed by atoms with Gasteiger partial charge in [-0.15, -0.1) is 0 Å². The lowest BCUT2D eigenvalue weighted by Crippen LogP contribution is -2.63. The van der Waals surface area contributed by atoms with Crippen molar-refractivity contribution in [2.45, 2.75) is 32.9 Å². The van der Waals surface area contributed by atoms with Gasteiger partial charge in [-0.3, -0.25) is 9.59 Å². The third-order valence-electron chi connectivity index (χ3n) is 5.95. The second kappa shape index (κ2) is 9.11. The molecule has 33 heavy (non-hydrogen) atoms. The number of amides is 2. The molecule has 3 heterocycles. The van der Waals surface area contributed by atoms with Crippen LogP contribution < -0.4 is 5.32 Å². The zero-order valence-corrected chi connectivity index (χ0v) is 19.6. The fourth-order valence-corrected chi connectivity index (χ4v) is 4.17. The average Bonchev–Trinajstić information content (AvgIpc) is 3.15. The van der Waals surface area contributed by atoms with Crippen molar-refractivity contribution >= 4 is 34.4 Å². The van der Waals surface area contributed by atoms with E-state index in [1.165, 1.54) is 12.1 Å². The number of pyridine rings is 1. The van der Waals surface area contributed by atoms with Crippen LogP contribution in [0.25, 0.3) is 22.2 Å². The number of carbonyl (C=O) groups excluding carboxylic acids is 2. The summed E-state index contributed by atoms with van der Waals surface area (Å²) in [5, 5.41) is 3.63. The van der Waals surface area contributed by atoms with Gasteiger partial charge in [0.25, 0.3) is 5.91 Å². The number of benzene rings is 1.